The number of carbonyl (C=O) groups is 1. The number of aromatic nitrogens is 1. The molecule has 2 N–H and O–H groups in total. The molecule has 0 aliphatic heterocycles. The van der Waals surface area contributed by atoms with E-state index in [9.17, 15) is 25.0 Å². The summed E-state index contributed by atoms with van der Waals surface area (Å²) in [5.74, 6) is -0.245. The maximum atomic E-state index is 12.2. The summed E-state index contributed by atoms with van der Waals surface area (Å²) in [6, 6.07) is 11.0. The lowest BCUT2D eigenvalue weighted by molar-refractivity contribution is -0.386. The van der Waals surface area contributed by atoms with E-state index in [4.69, 9.17) is 14.3 Å². The number of pyridine rings is 1. The highest BCUT2D eigenvalue weighted by molar-refractivity contribution is 5.88. The maximum absolute atomic E-state index is 12.2. The molecule has 0 aliphatic carbocycles. The molecule has 0 unspecified atom stereocenters. The number of aromatic carboxylic acids is 1. The Balaban J connectivity index is 1.97. The van der Waals surface area contributed by atoms with Gasteiger partial charge in [0.05, 0.1) is 22.7 Å². The second-order valence-corrected chi connectivity index (χ2v) is 6.29. The second kappa shape index (κ2) is 8.89. The monoisotopic (exact) mass is 421 g/mol. The molecule has 0 atom stereocenters. The Bertz CT molecular complexity index is 1280. The van der Waals surface area contributed by atoms with Gasteiger partial charge in [-0.2, -0.15) is 5.26 Å². The Labute approximate surface area is 174 Å². The van der Waals surface area contributed by atoms with Crippen LogP contribution in [0.2, 0.25) is 0 Å². The molecule has 0 saturated carbocycles. The molecule has 0 amide bonds. The fraction of sp³-hybridized carbons (Fsp3) is 0.0952. The van der Waals surface area contributed by atoms with Gasteiger partial charge in [0, 0.05) is 12.7 Å². The third kappa shape index (κ3) is 4.42. The summed E-state index contributed by atoms with van der Waals surface area (Å²) in [5, 5.41) is 29.7. The number of nitrogens with one attached hydrogen (secondary N) is 1. The smallest absolute Gasteiger partial charge is 0.335 e. The number of carboxylic acid groups (broad SMARTS) is 1. The lowest BCUT2D eigenvalue weighted by Crippen LogP contribution is -2.18. The Hall–Kier alpha value is -4.49. The molecule has 0 bridgehead atoms. The minimum absolute atomic E-state index is 0.107. The van der Waals surface area contributed by atoms with Crippen LogP contribution in [0.1, 0.15) is 32.9 Å². The molecule has 3 aromatic rings. The highest BCUT2D eigenvalue weighted by Gasteiger charge is 2.25. The predicted octanol–water partition coefficient (Wildman–Crippen LogP) is 3.43. The van der Waals surface area contributed by atoms with Crippen molar-refractivity contribution in [2.24, 2.45) is 0 Å². The third-order valence-corrected chi connectivity index (χ3v) is 4.36. The molecule has 0 spiro atoms. The lowest BCUT2D eigenvalue weighted by Gasteiger charge is -2.06. The molecular weight excluding hydrogens is 406 g/mol. The van der Waals surface area contributed by atoms with Gasteiger partial charge in [-0.1, -0.05) is 12.1 Å². The number of benzene rings is 1. The molecule has 2 heterocycles. The largest absolute Gasteiger partial charge is 0.478 e. The number of nitriles is 1. The number of rotatable bonds is 7. The van der Waals surface area contributed by atoms with Gasteiger partial charge < -0.3 is 19.2 Å². The summed E-state index contributed by atoms with van der Waals surface area (Å²) in [6.45, 7) is -0.277. The van der Waals surface area contributed by atoms with Crippen LogP contribution in [0.25, 0.3) is 23.5 Å². The van der Waals surface area contributed by atoms with E-state index in [-0.39, 0.29) is 29.0 Å². The number of ether oxygens (including phenoxy) is 1. The van der Waals surface area contributed by atoms with Crippen molar-refractivity contribution in [2.45, 2.75) is 6.61 Å². The first-order valence-electron chi connectivity index (χ1n) is 8.80. The van der Waals surface area contributed by atoms with Gasteiger partial charge in [0.15, 0.2) is 0 Å². The zero-order chi connectivity index (χ0) is 22.5. The van der Waals surface area contributed by atoms with Crippen LogP contribution >= 0.6 is 0 Å². The van der Waals surface area contributed by atoms with Gasteiger partial charge in [0.1, 0.15) is 28.8 Å². The van der Waals surface area contributed by atoms with Crippen LogP contribution in [0, 0.1) is 21.4 Å². The number of nitro groups is 1. The molecular formula is C21H15N3O7. The van der Waals surface area contributed by atoms with Crippen LogP contribution in [0.5, 0.6) is 0 Å². The number of aromatic amines is 1. The number of hydrogen-bond donors (Lipinski definition) is 2. The van der Waals surface area contributed by atoms with Gasteiger partial charge in [-0.3, -0.25) is 14.9 Å². The van der Waals surface area contributed by atoms with Gasteiger partial charge in [-0.25, -0.2) is 4.79 Å². The van der Waals surface area contributed by atoms with E-state index in [1.54, 1.807) is 30.3 Å². The normalized spacial score (nSPS) is 10.8. The van der Waals surface area contributed by atoms with Crippen molar-refractivity contribution in [1.29, 1.82) is 5.26 Å². The molecule has 10 heteroatoms. The number of nitrogens with zero attached hydrogens (tertiary/aromatic N) is 2. The fourth-order valence-corrected chi connectivity index (χ4v) is 2.93. The van der Waals surface area contributed by atoms with Crippen LogP contribution in [0.3, 0.4) is 0 Å². The highest BCUT2D eigenvalue weighted by atomic mass is 16.6. The zero-order valence-corrected chi connectivity index (χ0v) is 16.1. The first kappa shape index (κ1) is 21.2. The Morgan fingerprint density at radius 3 is 2.58 bits per heavy atom. The minimum atomic E-state index is -1.04. The molecule has 0 fully saturated rings. The van der Waals surface area contributed by atoms with Crippen LogP contribution in [0.4, 0.5) is 5.69 Å². The Morgan fingerprint density at radius 1 is 1.29 bits per heavy atom. The highest BCUT2D eigenvalue weighted by Crippen LogP contribution is 2.27. The summed E-state index contributed by atoms with van der Waals surface area (Å²) >= 11 is 0. The molecule has 156 valence electrons. The first-order chi connectivity index (χ1) is 14.8. The summed E-state index contributed by atoms with van der Waals surface area (Å²) in [6.07, 6.45) is 2.73. The van der Waals surface area contributed by atoms with E-state index >= 15 is 0 Å². The van der Waals surface area contributed by atoms with E-state index in [2.05, 4.69) is 4.98 Å². The Kier molecular flexibility index (Phi) is 6.09. The molecule has 1 aromatic carbocycles. The average molecular weight is 421 g/mol. The summed E-state index contributed by atoms with van der Waals surface area (Å²) in [5.41, 5.74) is -1.02. The molecule has 3 rings (SSSR count). The number of furan rings is 1. The number of methoxy groups -OCH3 is 1. The third-order valence-electron chi connectivity index (χ3n) is 4.36. The summed E-state index contributed by atoms with van der Waals surface area (Å²) in [4.78, 5) is 36.3. The fourth-order valence-electron chi connectivity index (χ4n) is 2.93. The average Bonchev–Trinajstić information content (AvgIpc) is 3.21. The minimum Gasteiger partial charge on any atom is -0.478 e. The molecule has 0 aliphatic rings. The van der Waals surface area contributed by atoms with Crippen molar-refractivity contribution in [2.75, 3.05) is 7.11 Å². The van der Waals surface area contributed by atoms with Crippen LogP contribution in [0.15, 0.2) is 45.6 Å². The molecule has 0 saturated heterocycles. The number of carboxylic acids is 1. The van der Waals surface area contributed by atoms with Crippen LogP contribution < -0.4 is 5.56 Å². The molecule has 31 heavy (non-hydrogen) atoms. The van der Waals surface area contributed by atoms with Crippen molar-refractivity contribution in [3.8, 4) is 17.4 Å². The SMILES string of the molecule is COCc1c([N+](=O)[O-])c(C=Cc2ccc(-c3ccc(C(=O)O)cc3)o2)[nH]c(=O)c1C#N. The van der Waals surface area contributed by atoms with Crippen LogP contribution in [-0.2, 0) is 11.3 Å². The zero-order valence-electron chi connectivity index (χ0n) is 16.1. The number of hydrogen-bond acceptors (Lipinski definition) is 7. The van der Waals surface area contributed by atoms with E-state index in [0.717, 1.165) is 0 Å². The van der Waals surface area contributed by atoms with Crippen LogP contribution in [-0.4, -0.2) is 28.1 Å². The van der Waals surface area contributed by atoms with Gasteiger partial charge in [0.25, 0.3) is 11.2 Å². The summed E-state index contributed by atoms with van der Waals surface area (Å²) in [7, 11) is 1.30. The van der Waals surface area contributed by atoms with Gasteiger partial charge >= 0.3 is 5.97 Å². The van der Waals surface area contributed by atoms with E-state index in [0.29, 0.717) is 17.1 Å². The quantitative estimate of drug-likeness (QED) is 0.433. The molecule has 2 aromatic heterocycles. The predicted molar refractivity (Wildman–Crippen MR) is 109 cm³/mol. The standard InChI is InChI=1S/C21H15N3O7/c1-30-11-16-15(10-22)20(25)23-17(19(16)24(28)29)8-6-14-7-9-18(31-14)12-2-4-13(5-3-12)21(26)27/h2-9H,11H2,1H3,(H,23,25)(H,26,27). The topological polar surface area (TPSA) is 159 Å². The van der Waals surface area contributed by atoms with Gasteiger partial charge in [-0.15, -0.1) is 0 Å². The van der Waals surface area contributed by atoms with Crippen molar-refractivity contribution < 1.29 is 24.0 Å². The van der Waals surface area contributed by atoms with E-state index < -0.39 is 22.1 Å². The summed E-state index contributed by atoms with van der Waals surface area (Å²) < 4.78 is 10.6. The molecule has 0 radical (unpaired) electrons. The van der Waals surface area contributed by atoms with Crippen molar-refractivity contribution in [3.63, 3.8) is 0 Å². The van der Waals surface area contributed by atoms with Gasteiger partial charge in [0.2, 0.25) is 0 Å². The lowest BCUT2D eigenvalue weighted by atomic mass is 10.1. The van der Waals surface area contributed by atoms with E-state index in [1.165, 1.54) is 31.4 Å². The maximum Gasteiger partial charge on any atom is 0.335 e. The van der Waals surface area contributed by atoms with Gasteiger partial charge in [-0.05, 0) is 36.4 Å². The molecule has 10 nitrogen and oxygen atoms in total. The first-order valence-corrected chi connectivity index (χ1v) is 8.80. The Morgan fingerprint density at radius 2 is 2.00 bits per heavy atom. The second-order valence-electron chi connectivity index (χ2n) is 6.29. The van der Waals surface area contributed by atoms with Crippen molar-refractivity contribution >= 4 is 23.8 Å². The van der Waals surface area contributed by atoms with Crippen molar-refractivity contribution in [3.05, 3.63) is 85.0 Å². The van der Waals surface area contributed by atoms with E-state index in [1.807, 2.05) is 0 Å². The van der Waals surface area contributed by atoms with Crippen molar-refractivity contribution in [1.82, 2.24) is 4.98 Å². The number of H-pyrrole nitrogens is 1.